The number of hydroxylamine groups is 6. The molecule has 4 fully saturated rings. The van der Waals surface area contributed by atoms with E-state index in [4.69, 9.17) is 20.4 Å². The van der Waals surface area contributed by atoms with Crippen LogP contribution >= 0.6 is 22.6 Å². The number of amides is 8. The minimum absolute atomic E-state index is 0.0419. The smallest absolute Gasteiger partial charge is 0.345 e. The quantitative estimate of drug-likeness (QED) is 0.0135. The molecule has 30 nitrogen and oxygen atoms in total. The maximum Gasteiger partial charge on any atom is 0.345 e. The van der Waals surface area contributed by atoms with Gasteiger partial charge in [-0.15, -0.1) is 13.2 Å². The highest BCUT2D eigenvalue weighted by Crippen LogP contribution is 2.30. The minimum atomic E-state index is -0.351. The van der Waals surface area contributed by atoms with Crippen LogP contribution in [-0.4, -0.2) is 270 Å². The molecule has 9 N–H and O–H groups in total. The van der Waals surface area contributed by atoms with E-state index >= 15 is 0 Å². The molecule has 4 atom stereocenters. The van der Waals surface area contributed by atoms with E-state index in [1.807, 2.05) is 96.0 Å². The molecule has 8 bridgehead atoms. The maximum absolute atomic E-state index is 12.3. The first-order valence-corrected chi connectivity index (χ1v) is 35.1. The number of H-pyrrole nitrogens is 2. The molecule has 4 saturated heterocycles. The monoisotopic (exact) mass is 1480 g/mol. The van der Waals surface area contributed by atoms with Crippen molar-refractivity contribution < 1.29 is 54.2 Å². The van der Waals surface area contributed by atoms with E-state index in [-0.39, 0.29) is 76.0 Å². The fraction of sp³-hybridized carbons (Fsp3) is 0.516. The second kappa shape index (κ2) is 38.2. The summed E-state index contributed by atoms with van der Waals surface area (Å²) < 4.78 is 6.67. The number of aromatic nitrogens is 10. The zero-order valence-corrected chi connectivity index (χ0v) is 59.7. The van der Waals surface area contributed by atoms with Gasteiger partial charge in [-0.05, 0) is 135 Å². The number of likely N-dealkylation sites (N-methyl/N-ethyl adjacent to an activating group) is 1. The predicted molar refractivity (Wildman–Crippen MR) is 390 cm³/mol. The lowest BCUT2D eigenvalue weighted by Gasteiger charge is -2.21. The molecule has 35 heteroatoms. The Morgan fingerprint density at radius 2 is 0.909 bits per heavy atom. The lowest BCUT2D eigenvalue weighted by atomic mass is 9.67. The normalized spacial score (nSPS) is 19.2. The van der Waals surface area contributed by atoms with Crippen molar-refractivity contribution in [3.63, 3.8) is 0 Å². The third-order valence-electron chi connectivity index (χ3n) is 17.2. The van der Waals surface area contributed by atoms with E-state index in [0.29, 0.717) is 59.0 Å². The molecule has 5 aromatic rings. The molecule has 0 radical (unpaired) electrons. The van der Waals surface area contributed by atoms with Crippen LogP contribution < -0.4 is 5.73 Å². The number of aryl methyl sites for hydroxylation is 4. The minimum Gasteiger partial charge on any atom is -0.451 e. The number of halogens is 1. The van der Waals surface area contributed by atoms with Gasteiger partial charge in [0.05, 0.1) is 97.7 Å². The van der Waals surface area contributed by atoms with Crippen LogP contribution in [0.15, 0.2) is 115 Å². The Balaban J connectivity index is 0.000000156. The molecule has 13 heterocycles. The first-order valence-electron chi connectivity index (χ1n) is 34.1. The summed E-state index contributed by atoms with van der Waals surface area (Å²) in [5, 5.41) is 77.1. The highest BCUT2D eigenvalue weighted by atomic mass is 127. The first-order chi connectivity index (χ1) is 47.6. The third-order valence-corrected chi connectivity index (χ3v) is 17.9. The molecular weight excluding hydrogens is 1380 g/mol. The Kier molecular flexibility index (Phi) is 29.7. The molecule has 8 amide bonds. The summed E-state index contributed by atoms with van der Waals surface area (Å²) in [4.78, 5) is 67.2. The summed E-state index contributed by atoms with van der Waals surface area (Å²) in [5.41, 5.74) is 13.5. The molecule has 13 rings (SSSR count). The summed E-state index contributed by atoms with van der Waals surface area (Å²) in [7, 11) is 1.84. The summed E-state index contributed by atoms with van der Waals surface area (Å²) in [6.45, 7) is 19.8. The summed E-state index contributed by atoms with van der Waals surface area (Å²) in [6, 6.07) is 9.27. The van der Waals surface area contributed by atoms with E-state index in [0.717, 1.165) is 147 Å². The van der Waals surface area contributed by atoms with Crippen LogP contribution in [0.3, 0.4) is 0 Å². The van der Waals surface area contributed by atoms with E-state index in [1.54, 1.807) is 62.5 Å². The van der Waals surface area contributed by atoms with Gasteiger partial charge < -0.3 is 50.3 Å². The zero-order valence-electron chi connectivity index (χ0n) is 57.5. The number of hydrogen-bond donors (Lipinski definition) is 8. The highest BCUT2D eigenvalue weighted by Gasteiger charge is 2.43. The van der Waals surface area contributed by atoms with Gasteiger partial charge in [0.25, 0.3) is 27.7 Å². The number of carbonyl (C=O) groups excluding carboxylic acids is 4. The largest absolute Gasteiger partial charge is 0.451 e. The van der Waals surface area contributed by atoms with Crippen LogP contribution in [0.4, 0.5) is 19.2 Å². The van der Waals surface area contributed by atoms with Crippen molar-refractivity contribution in [1.82, 2.24) is 89.4 Å². The molecule has 99 heavy (non-hydrogen) atoms. The molecule has 0 saturated carbocycles. The van der Waals surface area contributed by atoms with Crippen molar-refractivity contribution in [3.05, 3.63) is 143 Å². The van der Waals surface area contributed by atoms with Crippen LogP contribution in [0.2, 0.25) is 52.6 Å². The molecule has 532 valence electrons. The van der Waals surface area contributed by atoms with Crippen molar-refractivity contribution in [2.75, 3.05) is 79.2 Å². The number of fused-ring (bicyclic) bond motifs is 8. The van der Waals surface area contributed by atoms with Crippen molar-refractivity contribution in [2.45, 2.75) is 135 Å². The maximum atomic E-state index is 12.3. The molecule has 5 aromatic heterocycles. The van der Waals surface area contributed by atoms with E-state index in [9.17, 15) is 39.5 Å². The predicted octanol–water partition coefficient (Wildman–Crippen LogP) is 5.72. The van der Waals surface area contributed by atoms with Crippen molar-refractivity contribution in [2.24, 2.45) is 5.73 Å². The van der Waals surface area contributed by atoms with Crippen molar-refractivity contribution in [3.8, 4) is 0 Å². The van der Waals surface area contributed by atoms with Crippen LogP contribution in [-0.2, 0) is 41.8 Å². The average molecular weight is 1480 g/mol. The number of nitrogens with zero attached hydrogens (tertiary/aromatic N) is 16. The Labute approximate surface area is 594 Å². The first kappa shape index (κ1) is 77.0. The van der Waals surface area contributed by atoms with E-state index in [1.165, 1.54) is 13.7 Å². The van der Waals surface area contributed by atoms with Crippen molar-refractivity contribution >= 4 is 91.5 Å². The van der Waals surface area contributed by atoms with E-state index < -0.39 is 0 Å². The van der Waals surface area contributed by atoms with Crippen LogP contribution in [0.25, 0.3) is 17.1 Å². The van der Waals surface area contributed by atoms with Gasteiger partial charge in [-0.2, -0.15) is 40.7 Å². The van der Waals surface area contributed by atoms with Gasteiger partial charge in [0, 0.05) is 85.6 Å². The molecule has 4 unspecified atom stereocenters. The van der Waals surface area contributed by atoms with Gasteiger partial charge in [-0.25, -0.2) is 33.2 Å². The molecule has 0 aromatic carbocycles. The second-order valence-electron chi connectivity index (χ2n) is 25.7. The van der Waals surface area contributed by atoms with Crippen LogP contribution in [0, 0.1) is 0 Å². The third kappa shape index (κ3) is 22.6. The molecule has 0 aliphatic carbocycles. The number of carbonyl (C=O) groups is 4. The molecule has 0 spiro atoms. The fourth-order valence-electron chi connectivity index (χ4n) is 12.0. The number of rotatable bonds is 27. The number of nitrogens with two attached hydrogens (primary N) is 1. The van der Waals surface area contributed by atoms with E-state index in [2.05, 4.69) is 83.6 Å². The number of nitrogens with one attached hydrogen (secondary N) is 2. The Bertz CT molecular complexity index is 3430. The van der Waals surface area contributed by atoms with Gasteiger partial charge in [0.15, 0.2) is 0 Å². The SMILES string of the molecule is C=CCON1C(=O)N2CC(I)=CC1C2.C=CCON1C(=O)N2CC(n3ccc(CCCB(C)O)n3)=CC1C2.CB(O)CCCc1ccn(C2=CC3CN(C2)C(=O)N3C)n1.CB(O)CCCc1ccn(C2=CC3CN(C2)C(=O)N3O)n1.CB(O)CCCc1ccn[nH]1.NCCc1ccn[nH]1. The summed E-state index contributed by atoms with van der Waals surface area (Å²) in [5.74, 6) is 0. The van der Waals surface area contributed by atoms with Gasteiger partial charge in [-0.3, -0.25) is 25.1 Å². The van der Waals surface area contributed by atoms with Gasteiger partial charge >= 0.3 is 24.1 Å². The summed E-state index contributed by atoms with van der Waals surface area (Å²) in [6.07, 6.45) is 32.0. The summed E-state index contributed by atoms with van der Waals surface area (Å²) >= 11 is 2.25. The second-order valence-corrected chi connectivity index (χ2v) is 27.1. The number of urea groups is 4. The molecule has 8 aliphatic rings. The topological polar surface area (TPSA) is 351 Å². The molecule has 8 aliphatic heterocycles. The molecular formula is C64H96B4IN19O11. The Hall–Kier alpha value is -7.76. The Morgan fingerprint density at radius 3 is 1.31 bits per heavy atom. The van der Waals surface area contributed by atoms with Crippen LogP contribution in [0.1, 0.15) is 54.2 Å². The lowest BCUT2D eigenvalue weighted by molar-refractivity contribution is -0.107. The van der Waals surface area contributed by atoms with Gasteiger partial charge in [0.1, 0.15) is 0 Å². The van der Waals surface area contributed by atoms with Gasteiger partial charge in [-0.1, -0.05) is 65.1 Å². The lowest BCUT2D eigenvalue weighted by Crippen LogP contribution is -2.33. The number of aromatic amines is 2. The average Bonchev–Trinajstić information content (AvgIpc) is 1.66. The zero-order chi connectivity index (χ0) is 71.1. The van der Waals surface area contributed by atoms with Crippen LogP contribution in [0.5, 0.6) is 0 Å². The number of hydrogen-bond acceptors (Lipinski definition) is 17. The van der Waals surface area contributed by atoms with Crippen molar-refractivity contribution in [1.29, 1.82) is 0 Å². The standard InChI is InChI=1S/C16H23BN4O3.C14H21BN4O2.C13H19BN4O3.C9H11IN2O2.C7H13BN2O.C5H9N3/c1-3-9-24-21-15-10-14(11-19(12-15)16(21)22)20-8-6-13(18-20)5-4-7-17(2)23;1-15(21)6-3-4-11-5-7-19(16-11)13-8-12-9-18(10-13)14(20)17(12)2;1-14(20)5-2-3-10-4-6-17(15-10)11-7-12-9-16(8-11)13(19)18(12)21;1-2-3-14-12-8-4-7(10)5-11(6-8)9(12)13;1-8(11)5-2-3-7-4-6-9-10-7;6-3-1-5-2-4-7-8-5/h3,6,8,10,15,23H,1,4-5,7,9,11-12H2,2H3;5,7-8,12,21H,3-4,6,9-10H2,1-2H3;4,6-7,12,20-21H,2-3,5,8-9H2,1H3;2,4,8H,1,3,5-6H2;4,6,11H,2-3,5H2,1H3,(H,9,10);2,4H,1,3,6H2,(H,7,8). The van der Waals surface area contributed by atoms with Gasteiger partial charge in [0.2, 0.25) is 0 Å². The fourth-order valence-corrected chi connectivity index (χ4v) is 12.8. The highest BCUT2D eigenvalue weighted by molar-refractivity contribution is 14.1. The Morgan fingerprint density at radius 1 is 0.535 bits per heavy atom.